The number of nitrogens with one attached hydrogen (secondary N) is 5. The topological polar surface area (TPSA) is 246 Å². The van der Waals surface area contributed by atoms with Crippen molar-refractivity contribution in [3.05, 3.63) is 0 Å². The molecule has 0 rings (SSSR count). The summed E-state index contributed by atoms with van der Waals surface area (Å²) in [4.78, 5) is 83.9. The van der Waals surface area contributed by atoms with E-state index in [4.69, 9.17) is 15.9 Å². The fraction of sp³-hybridized carbons (Fsp3) is 0.696. The number of hydrogen-bond acceptors (Lipinski definition) is 8. The molecule has 0 unspecified atom stereocenters. The van der Waals surface area contributed by atoms with Crippen molar-refractivity contribution in [1.82, 2.24) is 26.6 Å². The summed E-state index contributed by atoms with van der Waals surface area (Å²) in [6.45, 7) is 9.09. The Labute approximate surface area is 221 Å². The van der Waals surface area contributed by atoms with Crippen molar-refractivity contribution in [2.45, 2.75) is 84.6 Å². The first-order valence-corrected chi connectivity index (χ1v) is 12.2. The minimum absolute atomic E-state index is 0.263. The molecule has 216 valence electrons. The van der Waals surface area contributed by atoms with Crippen molar-refractivity contribution >= 4 is 41.5 Å². The molecular formula is C23H40N6O9. The van der Waals surface area contributed by atoms with E-state index >= 15 is 0 Å². The van der Waals surface area contributed by atoms with E-state index in [-0.39, 0.29) is 5.92 Å². The molecule has 9 N–H and O–H groups in total. The second-order valence-corrected chi connectivity index (χ2v) is 9.40. The van der Waals surface area contributed by atoms with E-state index in [0.29, 0.717) is 6.42 Å². The van der Waals surface area contributed by atoms with E-state index in [1.165, 1.54) is 13.8 Å². The first kappa shape index (κ1) is 34.2. The van der Waals surface area contributed by atoms with Crippen LogP contribution in [0.1, 0.15) is 54.4 Å². The predicted octanol–water partition coefficient (Wildman–Crippen LogP) is -2.33. The third-order valence-electron chi connectivity index (χ3n) is 5.64. The van der Waals surface area contributed by atoms with Crippen LogP contribution >= 0.6 is 0 Å². The Morgan fingerprint density at radius 2 is 1.26 bits per heavy atom. The number of carbonyl (C=O) groups is 7. The van der Waals surface area contributed by atoms with E-state index in [1.54, 1.807) is 20.8 Å². The van der Waals surface area contributed by atoms with Crippen LogP contribution in [0.4, 0.5) is 0 Å². The van der Waals surface area contributed by atoms with Crippen LogP contribution in [0.5, 0.6) is 0 Å². The lowest BCUT2D eigenvalue weighted by Gasteiger charge is -2.29. The predicted molar refractivity (Wildman–Crippen MR) is 134 cm³/mol. The first-order valence-electron chi connectivity index (χ1n) is 12.2. The number of rotatable bonds is 16. The third kappa shape index (κ3) is 12.0. The average molecular weight is 545 g/mol. The van der Waals surface area contributed by atoms with Crippen LogP contribution in [0.2, 0.25) is 0 Å². The smallest absolute Gasteiger partial charge is 0.326 e. The van der Waals surface area contributed by atoms with Gasteiger partial charge in [0.2, 0.25) is 29.5 Å². The van der Waals surface area contributed by atoms with E-state index in [1.807, 2.05) is 12.2 Å². The van der Waals surface area contributed by atoms with Gasteiger partial charge in [-0.05, 0) is 25.7 Å². The lowest BCUT2D eigenvalue weighted by Crippen LogP contribution is -2.60. The Morgan fingerprint density at radius 3 is 1.71 bits per heavy atom. The molecule has 15 heteroatoms. The molecule has 5 amide bonds. The third-order valence-corrected chi connectivity index (χ3v) is 5.64. The van der Waals surface area contributed by atoms with Gasteiger partial charge in [0.1, 0.15) is 24.2 Å². The van der Waals surface area contributed by atoms with Crippen LogP contribution in [-0.2, 0) is 33.6 Å². The molecule has 38 heavy (non-hydrogen) atoms. The van der Waals surface area contributed by atoms with Crippen LogP contribution in [0, 0.1) is 11.8 Å². The zero-order valence-electron chi connectivity index (χ0n) is 22.5. The first-order chi connectivity index (χ1) is 17.5. The highest BCUT2D eigenvalue weighted by Gasteiger charge is 2.33. The molecule has 0 radical (unpaired) electrons. The zero-order valence-corrected chi connectivity index (χ0v) is 22.5. The van der Waals surface area contributed by atoms with Gasteiger partial charge >= 0.3 is 11.9 Å². The Bertz CT molecular complexity index is 893. The quantitative estimate of drug-likeness (QED) is 0.103. The Kier molecular flexibility index (Phi) is 14.6. The highest BCUT2D eigenvalue weighted by atomic mass is 16.4. The zero-order chi connectivity index (χ0) is 29.7. The fourth-order valence-corrected chi connectivity index (χ4v) is 3.07. The molecule has 0 aliphatic rings. The van der Waals surface area contributed by atoms with E-state index in [9.17, 15) is 33.6 Å². The maximum atomic E-state index is 13.0. The van der Waals surface area contributed by atoms with Gasteiger partial charge in [0.25, 0.3) is 0 Å². The van der Waals surface area contributed by atoms with Crippen LogP contribution in [0.25, 0.3) is 0 Å². The fourth-order valence-electron chi connectivity index (χ4n) is 3.07. The van der Waals surface area contributed by atoms with Crippen molar-refractivity contribution in [1.29, 1.82) is 0 Å². The number of amides is 5. The lowest BCUT2D eigenvalue weighted by molar-refractivity contribution is -0.147. The van der Waals surface area contributed by atoms with Gasteiger partial charge in [0, 0.05) is 0 Å². The molecule has 0 bridgehead atoms. The second kappa shape index (κ2) is 16.2. The van der Waals surface area contributed by atoms with Crippen LogP contribution < -0.4 is 32.3 Å². The molecule has 0 aliphatic carbocycles. The number of carbonyl (C=O) groups excluding carboxylic acids is 5. The summed E-state index contributed by atoms with van der Waals surface area (Å²) in [6, 6.07) is -5.67. The summed E-state index contributed by atoms with van der Waals surface area (Å²) < 4.78 is 0. The van der Waals surface area contributed by atoms with Gasteiger partial charge in [-0.1, -0.05) is 34.1 Å². The van der Waals surface area contributed by atoms with Crippen molar-refractivity contribution in [3.8, 4) is 0 Å². The minimum atomic E-state index is -1.68. The monoisotopic (exact) mass is 544 g/mol. The standard InChI is InChI=1S/C23H40N6O9/c1-7-11(4)18(29-19(33)12(5)24)22(36)28-17(10(2)3)21(35)26-13(6)20(34)25-9-15(30)27-14(23(37)38)8-16(31)32/h10-14,17-18H,7-9,24H2,1-6H3,(H,25,34)(H,26,35)(H,27,30)(H,28,36)(H,29,33)(H,31,32)(H,37,38)/t11-,12-,13-,14-,17-,18-/m0/s1. The molecule has 0 aromatic rings. The van der Waals surface area contributed by atoms with E-state index in [2.05, 4.69) is 21.3 Å². The molecular weight excluding hydrogens is 504 g/mol. The number of hydrogen-bond donors (Lipinski definition) is 8. The molecule has 0 spiro atoms. The van der Waals surface area contributed by atoms with Crippen molar-refractivity contribution in [3.63, 3.8) is 0 Å². The molecule has 0 aromatic carbocycles. The van der Waals surface area contributed by atoms with Gasteiger partial charge in [-0.3, -0.25) is 28.8 Å². The van der Waals surface area contributed by atoms with E-state index in [0.717, 1.165) is 0 Å². The van der Waals surface area contributed by atoms with Gasteiger partial charge in [-0.25, -0.2) is 4.79 Å². The molecule has 0 aliphatic heterocycles. The molecule has 0 saturated heterocycles. The molecule has 0 saturated carbocycles. The van der Waals surface area contributed by atoms with E-state index < -0.39 is 90.6 Å². The summed E-state index contributed by atoms with van der Waals surface area (Å²) in [5.41, 5.74) is 5.59. The summed E-state index contributed by atoms with van der Waals surface area (Å²) in [5, 5.41) is 29.5. The lowest BCUT2D eigenvalue weighted by atomic mass is 9.96. The summed E-state index contributed by atoms with van der Waals surface area (Å²) >= 11 is 0. The highest BCUT2D eigenvalue weighted by molar-refractivity contribution is 5.95. The highest BCUT2D eigenvalue weighted by Crippen LogP contribution is 2.10. The summed E-state index contributed by atoms with van der Waals surface area (Å²) in [6.07, 6.45) is -0.291. The number of aliphatic carboxylic acids is 2. The number of nitrogens with two attached hydrogens (primary N) is 1. The molecule has 6 atom stereocenters. The molecule has 0 aromatic heterocycles. The SMILES string of the molecule is CC[C@H](C)[C@H](NC(=O)[C@H](C)N)C(=O)N[C@H](C(=O)N[C@@H](C)C(=O)NCC(=O)N[C@@H](CC(=O)O)C(=O)O)C(C)C. The Morgan fingerprint density at radius 1 is 0.737 bits per heavy atom. The largest absolute Gasteiger partial charge is 0.481 e. The second-order valence-electron chi connectivity index (χ2n) is 9.40. The molecule has 15 nitrogen and oxygen atoms in total. The van der Waals surface area contributed by atoms with Crippen LogP contribution in [-0.4, -0.2) is 88.4 Å². The maximum absolute atomic E-state index is 13.0. The Hall–Kier alpha value is -3.75. The van der Waals surface area contributed by atoms with Crippen molar-refractivity contribution in [2.75, 3.05) is 6.54 Å². The summed E-state index contributed by atoms with van der Waals surface area (Å²) in [5.74, 6) is -7.18. The van der Waals surface area contributed by atoms with Gasteiger partial charge in [0.05, 0.1) is 19.0 Å². The van der Waals surface area contributed by atoms with Gasteiger partial charge in [-0.15, -0.1) is 0 Å². The van der Waals surface area contributed by atoms with Gasteiger partial charge in [0.15, 0.2) is 0 Å². The van der Waals surface area contributed by atoms with Crippen molar-refractivity contribution < 1.29 is 43.8 Å². The number of carboxylic acid groups (broad SMARTS) is 2. The normalized spacial score (nSPS) is 15.6. The van der Waals surface area contributed by atoms with Gasteiger partial charge < -0.3 is 42.5 Å². The minimum Gasteiger partial charge on any atom is -0.481 e. The average Bonchev–Trinajstić information content (AvgIpc) is 2.82. The van der Waals surface area contributed by atoms with Crippen molar-refractivity contribution in [2.24, 2.45) is 17.6 Å². The van der Waals surface area contributed by atoms with Crippen LogP contribution in [0.15, 0.2) is 0 Å². The Balaban J connectivity index is 5.17. The molecule has 0 heterocycles. The maximum Gasteiger partial charge on any atom is 0.326 e. The molecule has 0 fully saturated rings. The van der Waals surface area contributed by atoms with Gasteiger partial charge in [-0.2, -0.15) is 0 Å². The number of carboxylic acids is 2. The van der Waals surface area contributed by atoms with Crippen LogP contribution in [0.3, 0.4) is 0 Å². The summed E-state index contributed by atoms with van der Waals surface area (Å²) in [7, 11) is 0.